The summed E-state index contributed by atoms with van der Waals surface area (Å²) in [6.07, 6.45) is 2.12. The first-order valence-corrected chi connectivity index (χ1v) is 13.8. The molecule has 8 nitrogen and oxygen atoms in total. The number of sulfonamides is 1. The van der Waals surface area contributed by atoms with Crippen LogP contribution < -0.4 is 19.5 Å². The molecule has 0 spiro atoms. The molecule has 1 saturated heterocycles. The number of benzene rings is 3. The highest BCUT2D eigenvalue weighted by atomic mass is 79.9. The normalized spacial score (nSPS) is 15.3. The molecule has 2 N–H and O–H groups in total. The molecular weight excluding hydrogens is 548 g/mol. The maximum atomic E-state index is 12.7. The summed E-state index contributed by atoms with van der Waals surface area (Å²) in [5.41, 5.74) is 1.32. The Morgan fingerprint density at radius 2 is 1.75 bits per heavy atom. The van der Waals surface area contributed by atoms with Crippen molar-refractivity contribution >= 4 is 43.2 Å². The van der Waals surface area contributed by atoms with Gasteiger partial charge in [-0.05, 0) is 102 Å². The highest BCUT2D eigenvalue weighted by molar-refractivity contribution is 9.10. The standard InChI is InChI=1S/C26H27BrN2O6S/c1-2-33-21-10-6-20(7-11-21)29-36(31,32)23-12-8-19(9-13-23)28-26(30)18-5-14-25(24(27)16-18)35-17-22-4-3-15-34-22/h5-14,16,22,29H,2-4,15,17H2,1H3,(H,28,30). The van der Waals surface area contributed by atoms with Crippen LogP contribution in [0.25, 0.3) is 0 Å². The Hall–Kier alpha value is -3.08. The van der Waals surface area contributed by atoms with Crippen LogP contribution in [0.3, 0.4) is 0 Å². The zero-order chi connectivity index (χ0) is 25.5. The fraction of sp³-hybridized carbons (Fsp3) is 0.269. The zero-order valence-electron chi connectivity index (χ0n) is 19.7. The molecule has 1 amide bonds. The summed E-state index contributed by atoms with van der Waals surface area (Å²) in [4.78, 5) is 12.8. The van der Waals surface area contributed by atoms with Crippen LogP contribution in [0.1, 0.15) is 30.1 Å². The Labute approximate surface area is 219 Å². The van der Waals surface area contributed by atoms with Crippen LogP contribution in [0.5, 0.6) is 11.5 Å². The molecule has 0 radical (unpaired) electrons. The lowest BCUT2D eigenvalue weighted by molar-refractivity contribution is 0.0677. The number of rotatable bonds is 10. The molecule has 0 aliphatic carbocycles. The summed E-state index contributed by atoms with van der Waals surface area (Å²) in [5.74, 6) is 0.967. The largest absolute Gasteiger partial charge is 0.494 e. The van der Waals surface area contributed by atoms with Crippen LogP contribution in [-0.2, 0) is 14.8 Å². The van der Waals surface area contributed by atoms with E-state index in [2.05, 4.69) is 26.0 Å². The molecule has 36 heavy (non-hydrogen) atoms. The number of ether oxygens (including phenoxy) is 3. The molecule has 4 rings (SSSR count). The summed E-state index contributed by atoms with van der Waals surface area (Å²) in [6, 6.07) is 17.7. The van der Waals surface area contributed by atoms with Crippen LogP contribution in [0.4, 0.5) is 11.4 Å². The van der Waals surface area contributed by atoms with Gasteiger partial charge in [0.05, 0.1) is 22.1 Å². The number of nitrogens with one attached hydrogen (secondary N) is 2. The third-order valence-corrected chi connectivity index (χ3v) is 7.50. The van der Waals surface area contributed by atoms with Crippen molar-refractivity contribution in [3.05, 3.63) is 76.8 Å². The minimum atomic E-state index is -3.79. The maximum absolute atomic E-state index is 12.7. The average Bonchev–Trinajstić information content (AvgIpc) is 3.38. The van der Waals surface area contributed by atoms with Crippen LogP contribution >= 0.6 is 15.9 Å². The number of anilines is 2. The Kier molecular flexibility index (Phi) is 8.50. The van der Waals surface area contributed by atoms with Gasteiger partial charge < -0.3 is 19.5 Å². The molecule has 0 aromatic heterocycles. The highest BCUT2D eigenvalue weighted by Gasteiger charge is 2.18. The van der Waals surface area contributed by atoms with E-state index in [0.29, 0.717) is 46.1 Å². The number of amides is 1. The van der Waals surface area contributed by atoms with Crippen LogP contribution in [0, 0.1) is 0 Å². The van der Waals surface area contributed by atoms with E-state index in [1.54, 1.807) is 54.6 Å². The topological polar surface area (TPSA) is 103 Å². The molecule has 1 heterocycles. The third-order valence-electron chi connectivity index (χ3n) is 5.48. The Morgan fingerprint density at radius 3 is 2.39 bits per heavy atom. The molecule has 0 saturated carbocycles. The van der Waals surface area contributed by atoms with Gasteiger partial charge in [-0.2, -0.15) is 0 Å². The first kappa shape index (κ1) is 26.0. The van der Waals surface area contributed by atoms with E-state index >= 15 is 0 Å². The van der Waals surface area contributed by atoms with E-state index in [-0.39, 0.29) is 16.9 Å². The smallest absolute Gasteiger partial charge is 0.261 e. The van der Waals surface area contributed by atoms with E-state index in [1.165, 1.54) is 12.1 Å². The highest BCUT2D eigenvalue weighted by Crippen LogP contribution is 2.28. The van der Waals surface area contributed by atoms with E-state index in [1.807, 2.05) is 6.92 Å². The summed E-state index contributed by atoms with van der Waals surface area (Å²) in [5, 5.41) is 2.78. The predicted octanol–water partition coefficient (Wildman–Crippen LogP) is 5.46. The predicted molar refractivity (Wildman–Crippen MR) is 141 cm³/mol. The SMILES string of the molecule is CCOc1ccc(NS(=O)(=O)c2ccc(NC(=O)c3ccc(OCC4CCCO4)c(Br)c3)cc2)cc1. The van der Waals surface area contributed by atoms with Gasteiger partial charge in [0.2, 0.25) is 0 Å². The third kappa shape index (κ3) is 6.77. The number of halogens is 1. The fourth-order valence-corrected chi connectivity index (χ4v) is 5.19. The van der Waals surface area contributed by atoms with E-state index < -0.39 is 10.0 Å². The number of carbonyl (C=O) groups is 1. The van der Waals surface area contributed by atoms with Crippen molar-refractivity contribution in [3.8, 4) is 11.5 Å². The molecule has 1 aliphatic rings. The summed E-state index contributed by atoms with van der Waals surface area (Å²) in [7, 11) is -3.79. The van der Waals surface area contributed by atoms with Gasteiger partial charge >= 0.3 is 0 Å². The lowest BCUT2D eigenvalue weighted by Gasteiger charge is -2.13. The minimum Gasteiger partial charge on any atom is -0.494 e. The van der Waals surface area contributed by atoms with Crippen molar-refractivity contribution in [1.82, 2.24) is 0 Å². The van der Waals surface area contributed by atoms with Crippen molar-refractivity contribution in [2.75, 3.05) is 29.9 Å². The monoisotopic (exact) mass is 574 g/mol. The van der Waals surface area contributed by atoms with Crippen molar-refractivity contribution in [2.24, 2.45) is 0 Å². The van der Waals surface area contributed by atoms with Gasteiger partial charge in [-0.3, -0.25) is 9.52 Å². The first-order valence-electron chi connectivity index (χ1n) is 11.5. The van der Waals surface area contributed by atoms with Gasteiger partial charge in [0, 0.05) is 23.5 Å². The lowest BCUT2D eigenvalue weighted by Crippen LogP contribution is -2.17. The zero-order valence-corrected chi connectivity index (χ0v) is 22.1. The molecule has 1 aliphatic heterocycles. The lowest BCUT2D eigenvalue weighted by atomic mass is 10.2. The van der Waals surface area contributed by atoms with Gasteiger partial charge in [-0.1, -0.05) is 0 Å². The summed E-state index contributed by atoms with van der Waals surface area (Å²) >= 11 is 3.45. The van der Waals surface area contributed by atoms with E-state index in [0.717, 1.165) is 19.4 Å². The Balaban J connectivity index is 1.35. The van der Waals surface area contributed by atoms with Crippen LogP contribution in [0.15, 0.2) is 76.1 Å². The molecule has 3 aromatic rings. The van der Waals surface area contributed by atoms with Gasteiger partial charge in [-0.15, -0.1) is 0 Å². The summed E-state index contributed by atoms with van der Waals surface area (Å²) < 4.78 is 45.4. The second-order valence-electron chi connectivity index (χ2n) is 8.13. The van der Waals surface area contributed by atoms with Crippen molar-refractivity contribution in [3.63, 3.8) is 0 Å². The van der Waals surface area contributed by atoms with Crippen molar-refractivity contribution in [2.45, 2.75) is 30.8 Å². The average molecular weight is 575 g/mol. The fourth-order valence-electron chi connectivity index (χ4n) is 3.64. The molecular formula is C26H27BrN2O6S. The second-order valence-corrected chi connectivity index (χ2v) is 10.7. The van der Waals surface area contributed by atoms with Gasteiger partial charge in [0.15, 0.2) is 0 Å². The molecule has 1 fully saturated rings. The van der Waals surface area contributed by atoms with E-state index in [4.69, 9.17) is 14.2 Å². The first-order chi connectivity index (χ1) is 17.3. The molecule has 190 valence electrons. The number of carbonyl (C=O) groups excluding carboxylic acids is 1. The second kappa shape index (κ2) is 11.8. The quantitative estimate of drug-likeness (QED) is 0.333. The maximum Gasteiger partial charge on any atom is 0.261 e. The molecule has 10 heteroatoms. The molecule has 0 bridgehead atoms. The van der Waals surface area contributed by atoms with Crippen LogP contribution in [0.2, 0.25) is 0 Å². The van der Waals surface area contributed by atoms with Gasteiger partial charge in [0.25, 0.3) is 15.9 Å². The Bertz CT molecular complexity index is 1290. The van der Waals surface area contributed by atoms with Crippen LogP contribution in [-0.4, -0.2) is 40.2 Å². The van der Waals surface area contributed by atoms with Gasteiger partial charge in [-0.25, -0.2) is 8.42 Å². The molecule has 1 atom stereocenters. The summed E-state index contributed by atoms with van der Waals surface area (Å²) in [6.45, 7) is 3.63. The van der Waals surface area contributed by atoms with Crippen molar-refractivity contribution in [1.29, 1.82) is 0 Å². The van der Waals surface area contributed by atoms with Gasteiger partial charge in [0.1, 0.15) is 18.1 Å². The number of hydrogen-bond donors (Lipinski definition) is 2. The molecule has 3 aromatic carbocycles. The number of hydrogen-bond acceptors (Lipinski definition) is 6. The minimum absolute atomic E-state index is 0.0740. The van der Waals surface area contributed by atoms with Crippen molar-refractivity contribution < 1.29 is 27.4 Å². The molecule has 1 unspecified atom stereocenters. The Morgan fingerprint density at radius 1 is 1.03 bits per heavy atom. The van der Waals surface area contributed by atoms with E-state index in [9.17, 15) is 13.2 Å².